The molecule has 3 rings (SSSR count). The molecule has 26 heavy (non-hydrogen) atoms. The van der Waals surface area contributed by atoms with Gasteiger partial charge in [0.15, 0.2) is 5.82 Å². The maximum Gasteiger partial charge on any atom is 0.240 e. The van der Waals surface area contributed by atoms with Gasteiger partial charge in [0.05, 0.1) is 0 Å². The number of carbonyl (C=O) groups excluding carboxylic acids is 2. The van der Waals surface area contributed by atoms with Gasteiger partial charge in [-0.05, 0) is 26.8 Å². The fraction of sp³-hybridized carbons (Fsp3) is 0.471. The first-order valence-electron chi connectivity index (χ1n) is 8.44. The number of rotatable bonds is 4. The van der Waals surface area contributed by atoms with E-state index < -0.39 is 11.3 Å². The predicted molar refractivity (Wildman–Crippen MR) is 94.5 cm³/mol. The Morgan fingerprint density at radius 1 is 1.15 bits per heavy atom. The van der Waals surface area contributed by atoms with Crippen LogP contribution in [0.4, 0.5) is 11.8 Å². The summed E-state index contributed by atoms with van der Waals surface area (Å²) in [4.78, 5) is 37.6. The zero-order valence-electron chi connectivity index (χ0n) is 15.1. The molecule has 2 aromatic rings. The van der Waals surface area contributed by atoms with E-state index in [9.17, 15) is 9.59 Å². The molecule has 1 aliphatic heterocycles. The van der Waals surface area contributed by atoms with Crippen LogP contribution in [0.5, 0.6) is 0 Å². The standard InChI is InChI=1S/C17H22N6O3/c1-12-11-13(21-26-12)20-14(24)17(2,3)15(25)22-7-9-23(10-8-22)16-18-5-4-6-19-16/h4-6,11H,7-10H2,1-3H3,(H,20,21,24). The van der Waals surface area contributed by atoms with Gasteiger partial charge in [0.2, 0.25) is 17.8 Å². The highest BCUT2D eigenvalue weighted by atomic mass is 16.5. The molecule has 1 N–H and O–H groups in total. The lowest BCUT2D eigenvalue weighted by Crippen LogP contribution is -2.54. The van der Waals surface area contributed by atoms with Crippen molar-refractivity contribution in [3.05, 3.63) is 30.3 Å². The third-order valence-corrected chi connectivity index (χ3v) is 4.37. The normalized spacial score (nSPS) is 15.0. The molecule has 1 aliphatic rings. The van der Waals surface area contributed by atoms with E-state index >= 15 is 0 Å². The van der Waals surface area contributed by atoms with Gasteiger partial charge in [-0.15, -0.1) is 0 Å². The lowest BCUT2D eigenvalue weighted by atomic mass is 9.90. The van der Waals surface area contributed by atoms with Crippen LogP contribution in [0.15, 0.2) is 29.0 Å². The topological polar surface area (TPSA) is 104 Å². The molecule has 0 spiro atoms. The lowest BCUT2D eigenvalue weighted by molar-refractivity contribution is -0.146. The molecule has 2 aromatic heterocycles. The van der Waals surface area contributed by atoms with E-state index in [0.717, 1.165) is 0 Å². The van der Waals surface area contributed by atoms with Crippen molar-refractivity contribution in [2.75, 3.05) is 36.4 Å². The van der Waals surface area contributed by atoms with Gasteiger partial charge in [-0.3, -0.25) is 9.59 Å². The summed E-state index contributed by atoms with van der Waals surface area (Å²) in [7, 11) is 0. The Labute approximate surface area is 151 Å². The van der Waals surface area contributed by atoms with E-state index in [1.807, 2.05) is 4.90 Å². The van der Waals surface area contributed by atoms with E-state index in [1.54, 1.807) is 50.2 Å². The summed E-state index contributed by atoms with van der Waals surface area (Å²) in [5.74, 6) is 0.912. The van der Waals surface area contributed by atoms with Crippen LogP contribution in [-0.2, 0) is 9.59 Å². The van der Waals surface area contributed by atoms with Crippen LogP contribution in [0.3, 0.4) is 0 Å². The van der Waals surface area contributed by atoms with E-state index in [4.69, 9.17) is 4.52 Å². The first kappa shape index (κ1) is 17.8. The van der Waals surface area contributed by atoms with Gasteiger partial charge in [-0.2, -0.15) is 0 Å². The van der Waals surface area contributed by atoms with E-state index in [0.29, 0.717) is 43.7 Å². The molecule has 2 amide bonds. The van der Waals surface area contributed by atoms with Crippen LogP contribution in [0, 0.1) is 12.3 Å². The molecule has 0 aliphatic carbocycles. The highest BCUT2D eigenvalue weighted by molar-refractivity contribution is 6.09. The number of aromatic nitrogens is 3. The minimum absolute atomic E-state index is 0.219. The second-order valence-electron chi connectivity index (χ2n) is 6.73. The number of aryl methyl sites for hydroxylation is 1. The average molecular weight is 358 g/mol. The number of nitrogens with one attached hydrogen (secondary N) is 1. The van der Waals surface area contributed by atoms with Crippen molar-refractivity contribution in [2.45, 2.75) is 20.8 Å². The summed E-state index contributed by atoms with van der Waals surface area (Å²) in [6.45, 7) is 7.23. The molecule has 3 heterocycles. The average Bonchev–Trinajstić information content (AvgIpc) is 3.06. The first-order chi connectivity index (χ1) is 12.4. The second kappa shape index (κ2) is 7.11. The van der Waals surface area contributed by atoms with Gasteiger partial charge in [-0.25, -0.2) is 9.97 Å². The molecule has 138 valence electrons. The molecule has 1 saturated heterocycles. The Hall–Kier alpha value is -2.97. The molecular formula is C17H22N6O3. The number of hydrogen-bond acceptors (Lipinski definition) is 7. The fourth-order valence-corrected chi connectivity index (χ4v) is 2.75. The van der Waals surface area contributed by atoms with Crippen molar-refractivity contribution < 1.29 is 14.1 Å². The highest BCUT2D eigenvalue weighted by Crippen LogP contribution is 2.23. The van der Waals surface area contributed by atoms with Crippen molar-refractivity contribution in [3.8, 4) is 0 Å². The minimum Gasteiger partial charge on any atom is -0.360 e. The number of carbonyl (C=O) groups is 2. The van der Waals surface area contributed by atoms with Gasteiger partial charge >= 0.3 is 0 Å². The van der Waals surface area contributed by atoms with Crippen molar-refractivity contribution in [1.29, 1.82) is 0 Å². The summed E-state index contributed by atoms with van der Waals surface area (Å²) in [6.07, 6.45) is 3.39. The first-order valence-corrected chi connectivity index (χ1v) is 8.44. The lowest BCUT2D eigenvalue weighted by Gasteiger charge is -2.37. The van der Waals surface area contributed by atoms with Crippen LogP contribution >= 0.6 is 0 Å². The second-order valence-corrected chi connectivity index (χ2v) is 6.73. The van der Waals surface area contributed by atoms with Crippen molar-refractivity contribution >= 4 is 23.6 Å². The van der Waals surface area contributed by atoms with E-state index in [2.05, 4.69) is 20.4 Å². The monoisotopic (exact) mass is 358 g/mol. The van der Waals surface area contributed by atoms with Gasteiger partial charge in [0, 0.05) is 44.6 Å². The summed E-state index contributed by atoms with van der Waals surface area (Å²) in [5, 5.41) is 6.37. The fourth-order valence-electron chi connectivity index (χ4n) is 2.75. The number of piperazine rings is 1. The van der Waals surface area contributed by atoms with Crippen LogP contribution in [0.2, 0.25) is 0 Å². The third-order valence-electron chi connectivity index (χ3n) is 4.37. The number of anilines is 2. The molecule has 9 heteroatoms. The highest BCUT2D eigenvalue weighted by Gasteiger charge is 2.40. The number of nitrogens with zero attached hydrogens (tertiary/aromatic N) is 5. The Morgan fingerprint density at radius 3 is 2.38 bits per heavy atom. The number of hydrogen-bond donors (Lipinski definition) is 1. The quantitative estimate of drug-likeness (QED) is 0.816. The van der Waals surface area contributed by atoms with Crippen LogP contribution < -0.4 is 10.2 Å². The predicted octanol–water partition coefficient (Wildman–Crippen LogP) is 1.09. The van der Waals surface area contributed by atoms with Crippen LogP contribution in [0.25, 0.3) is 0 Å². The smallest absolute Gasteiger partial charge is 0.240 e. The summed E-state index contributed by atoms with van der Waals surface area (Å²) < 4.78 is 4.93. The zero-order valence-corrected chi connectivity index (χ0v) is 15.1. The molecule has 0 aromatic carbocycles. The maximum atomic E-state index is 12.9. The van der Waals surface area contributed by atoms with Crippen LogP contribution in [-0.4, -0.2) is 58.0 Å². The zero-order chi connectivity index (χ0) is 18.7. The summed E-state index contributed by atoms with van der Waals surface area (Å²) in [5.41, 5.74) is -1.21. The molecule has 0 saturated carbocycles. The number of amides is 2. The third kappa shape index (κ3) is 3.66. The van der Waals surface area contributed by atoms with E-state index in [1.165, 1.54) is 0 Å². The van der Waals surface area contributed by atoms with Crippen molar-refractivity contribution in [3.63, 3.8) is 0 Å². The molecule has 0 radical (unpaired) electrons. The Kier molecular flexibility index (Phi) is 4.88. The maximum absolute atomic E-state index is 12.9. The molecular weight excluding hydrogens is 336 g/mol. The Balaban J connectivity index is 1.60. The van der Waals surface area contributed by atoms with Gasteiger partial charge in [0.25, 0.3) is 0 Å². The Morgan fingerprint density at radius 2 is 1.81 bits per heavy atom. The molecule has 0 atom stereocenters. The summed E-state index contributed by atoms with van der Waals surface area (Å²) in [6, 6.07) is 3.37. The molecule has 1 fully saturated rings. The molecule has 0 bridgehead atoms. The van der Waals surface area contributed by atoms with Crippen molar-refractivity contribution in [2.24, 2.45) is 5.41 Å². The molecule has 0 unspecified atom stereocenters. The van der Waals surface area contributed by atoms with Gasteiger partial charge < -0.3 is 19.6 Å². The van der Waals surface area contributed by atoms with Crippen molar-refractivity contribution in [1.82, 2.24) is 20.0 Å². The largest absolute Gasteiger partial charge is 0.360 e. The summed E-state index contributed by atoms with van der Waals surface area (Å²) >= 11 is 0. The SMILES string of the molecule is Cc1cc(NC(=O)C(C)(C)C(=O)N2CCN(c3ncccn3)CC2)no1. The molecule has 9 nitrogen and oxygen atoms in total. The Bertz CT molecular complexity index is 781. The van der Waals surface area contributed by atoms with Crippen LogP contribution in [0.1, 0.15) is 19.6 Å². The van der Waals surface area contributed by atoms with Gasteiger partial charge in [-0.1, -0.05) is 5.16 Å². The van der Waals surface area contributed by atoms with E-state index in [-0.39, 0.29) is 5.91 Å². The van der Waals surface area contributed by atoms with Gasteiger partial charge in [0.1, 0.15) is 11.2 Å². The minimum atomic E-state index is -1.21.